The van der Waals surface area contributed by atoms with E-state index in [2.05, 4.69) is 0 Å². The summed E-state index contributed by atoms with van der Waals surface area (Å²) in [4.78, 5) is 10.4. The molecule has 2 rings (SSSR count). The van der Waals surface area contributed by atoms with E-state index >= 15 is 0 Å². The number of hydrogen-bond acceptors (Lipinski definition) is 2. The van der Waals surface area contributed by atoms with Gasteiger partial charge in [0.15, 0.2) is 6.29 Å². The smallest absolute Gasteiger partial charge is 0.153 e. The highest BCUT2D eigenvalue weighted by Gasteiger charge is 2.27. The lowest BCUT2D eigenvalue weighted by Crippen LogP contribution is -1.95. The highest BCUT2D eigenvalue weighted by Crippen LogP contribution is 2.42. The number of rotatable bonds is 2. The lowest BCUT2D eigenvalue weighted by molar-refractivity contribution is 0.112. The summed E-state index contributed by atoms with van der Waals surface area (Å²) in [5.74, 6) is -0.208. The lowest BCUT2D eigenvalue weighted by Gasteiger charge is -2.03. The van der Waals surface area contributed by atoms with Crippen molar-refractivity contribution in [1.29, 1.82) is 5.26 Å². The van der Waals surface area contributed by atoms with Crippen LogP contribution >= 0.6 is 0 Å². The van der Waals surface area contributed by atoms with E-state index in [0.717, 1.165) is 18.4 Å². The van der Waals surface area contributed by atoms with Crippen molar-refractivity contribution in [3.63, 3.8) is 0 Å². The molecule has 2 nitrogen and oxygen atoms in total. The Morgan fingerprint density at radius 1 is 1.50 bits per heavy atom. The SMILES string of the molecule is N#Cc1cc(C=O)c(F)cc1C1CC1. The third kappa shape index (κ3) is 1.39. The van der Waals surface area contributed by atoms with Crippen molar-refractivity contribution in [1.82, 2.24) is 0 Å². The van der Waals surface area contributed by atoms with E-state index in [-0.39, 0.29) is 5.56 Å². The van der Waals surface area contributed by atoms with E-state index in [1.54, 1.807) is 0 Å². The number of aldehydes is 1. The molecule has 0 atom stereocenters. The fourth-order valence-electron chi connectivity index (χ4n) is 1.52. The van der Waals surface area contributed by atoms with Crippen LogP contribution in [-0.2, 0) is 0 Å². The molecule has 1 aliphatic carbocycles. The molecule has 0 heterocycles. The lowest BCUT2D eigenvalue weighted by atomic mass is 10.0. The maximum absolute atomic E-state index is 13.2. The molecule has 1 aromatic rings. The number of halogens is 1. The normalized spacial score (nSPS) is 14.9. The molecule has 0 bridgehead atoms. The summed E-state index contributed by atoms with van der Waals surface area (Å²) in [5.41, 5.74) is 1.14. The van der Waals surface area contributed by atoms with Gasteiger partial charge in [-0.05, 0) is 36.5 Å². The number of nitriles is 1. The Labute approximate surface area is 81.0 Å². The molecule has 0 spiro atoms. The molecule has 0 radical (unpaired) electrons. The van der Waals surface area contributed by atoms with Gasteiger partial charge < -0.3 is 0 Å². The molecule has 0 aliphatic heterocycles. The minimum Gasteiger partial charge on any atom is -0.298 e. The number of benzene rings is 1. The Balaban J connectivity index is 2.55. The van der Waals surface area contributed by atoms with Crippen LogP contribution in [0.5, 0.6) is 0 Å². The van der Waals surface area contributed by atoms with E-state index < -0.39 is 5.82 Å². The largest absolute Gasteiger partial charge is 0.298 e. The fourth-order valence-corrected chi connectivity index (χ4v) is 1.52. The standard InChI is InChI=1S/C11H8FNO/c12-11-4-10(7-1-2-7)8(5-13)3-9(11)6-14/h3-4,6-7H,1-2H2. The topological polar surface area (TPSA) is 40.9 Å². The first-order chi connectivity index (χ1) is 6.76. The maximum Gasteiger partial charge on any atom is 0.153 e. The third-order valence-corrected chi connectivity index (χ3v) is 2.43. The van der Waals surface area contributed by atoms with Gasteiger partial charge in [0.05, 0.1) is 17.2 Å². The first-order valence-corrected chi connectivity index (χ1v) is 4.45. The molecule has 1 saturated carbocycles. The van der Waals surface area contributed by atoms with Crippen LogP contribution < -0.4 is 0 Å². The molecule has 1 fully saturated rings. The van der Waals surface area contributed by atoms with Crippen LogP contribution in [0.25, 0.3) is 0 Å². The Kier molecular flexibility index (Phi) is 2.05. The van der Waals surface area contributed by atoms with E-state index in [4.69, 9.17) is 5.26 Å². The minimum absolute atomic E-state index is 0.0362. The summed E-state index contributed by atoms with van der Waals surface area (Å²) in [7, 11) is 0. The molecular weight excluding hydrogens is 181 g/mol. The Bertz CT molecular complexity index is 430. The van der Waals surface area contributed by atoms with Gasteiger partial charge in [0.1, 0.15) is 5.82 Å². The van der Waals surface area contributed by atoms with E-state index in [1.807, 2.05) is 6.07 Å². The van der Waals surface area contributed by atoms with Gasteiger partial charge in [0.2, 0.25) is 0 Å². The predicted octanol–water partition coefficient (Wildman–Crippen LogP) is 2.39. The van der Waals surface area contributed by atoms with E-state index in [0.29, 0.717) is 17.8 Å². The summed E-state index contributed by atoms with van der Waals surface area (Å²) < 4.78 is 13.2. The highest BCUT2D eigenvalue weighted by molar-refractivity contribution is 5.76. The first kappa shape index (κ1) is 8.89. The summed E-state index contributed by atoms with van der Waals surface area (Å²) in [5, 5.41) is 8.82. The zero-order chi connectivity index (χ0) is 10.1. The second kappa shape index (κ2) is 3.22. The molecule has 3 heteroatoms. The van der Waals surface area contributed by atoms with Crippen molar-refractivity contribution in [2.75, 3.05) is 0 Å². The van der Waals surface area contributed by atoms with Crippen LogP contribution in [0.4, 0.5) is 4.39 Å². The monoisotopic (exact) mass is 189 g/mol. The van der Waals surface area contributed by atoms with Crippen LogP contribution in [0.2, 0.25) is 0 Å². The quantitative estimate of drug-likeness (QED) is 0.670. The predicted molar refractivity (Wildman–Crippen MR) is 48.5 cm³/mol. The van der Waals surface area contributed by atoms with Crippen molar-refractivity contribution >= 4 is 6.29 Å². The number of nitrogens with zero attached hydrogens (tertiary/aromatic N) is 1. The number of hydrogen-bond donors (Lipinski definition) is 0. The molecule has 0 saturated heterocycles. The van der Waals surface area contributed by atoms with Crippen LogP contribution in [0, 0.1) is 17.1 Å². The molecule has 70 valence electrons. The molecule has 1 aromatic carbocycles. The van der Waals surface area contributed by atoms with Crippen molar-refractivity contribution < 1.29 is 9.18 Å². The third-order valence-electron chi connectivity index (χ3n) is 2.43. The van der Waals surface area contributed by atoms with Crippen molar-refractivity contribution in [3.05, 3.63) is 34.6 Å². The molecule has 14 heavy (non-hydrogen) atoms. The van der Waals surface area contributed by atoms with Gasteiger partial charge >= 0.3 is 0 Å². The minimum atomic E-state index is -0.527. The summed E-state index contributed by atoms with van der Waals surface area (Å²) in [6.07, 6.45) is 2.45. The van der Waals surface area contributed by atoms with Gasteiger partial charge in [0.25, 0.3) is 0 Å². The summed E-state index contributed by atoms with van der Waals surface area (Å²) in [6.45, 7) is 0. The fraction of sp³-hybridized carbons (Fsp3) is 0.273. The molecule has 0 unspecified atom stereocenters. The summed E-state index contributed by atoms with van der Waals surface area (Å²) in [6, 6.07) is 4.64. The molecule has 0 aromatic heterocycles. The zero-order valence-electron chi connectivity index (χ0n) is 7.46. The average molecular weight is 189 g/mol. The van der Waals surface area contributed by atoms with Crippen LogP contribution in [0.3, 0.4) is 0 Å². The highest BCUT2D eigenvalue weighted by atomic mass is 19.1. The van der Waals surface area contributed by atoms with Crippen molar-refractivity contribution in [3.8, 4) is 6.07 Å². The van der Waals surface area contributed by atoms with Gasteiger partial charge in [-0.1, -0.05) is 0 Å². The van der Waals surface area contributed by atoms with Gasteiger partial charge in [-0.15, -0.1) is 0 Å². The van der Waals surface area contributed by atoms with Gasteiger partial charge in [0, 0.05) is 0 Å². The second-order valence-corrected chi connectivity index (χ2v) is 3.46. The molecule has 0 amide bonds. The Morgan fingerprint density at radius 3 is 2.71 bits per heavy atom. The Morgan fingerprint density at radius 2 is 2.21 bits per heavy atom. The van der Waals surface area contributed by atoms with Crippen LogP contribution in [0.15, 0.2) is 12.1 Å². The van der Waals surface area contributed by atoms with E-state index in [1.165, 1.54) is 12.1 Å². The molecular formula is C11H8FNO. The Hall–Kier alpha value is -1.69. The van der Waals surface area contributed by atoms with Crippen molar-refractivity contribution in [2.45, 2.75) is 18.8 Å². The van der Waals surface area contributed by atoms with Crippen LogP contribution in [-0.4, -0.2) is 6.29 Å². The van der Waals surface area contributed by atoms with Gasteiger partial charge in [-0.3, -0.25) is 4.79 Å². The maximum atomic E-state index is 13.2. The number of carbonyl (C=O) groups is 1. The van der Waals surface area contributed by atoms with Crippen molar-refractivity contribution in [2.24, 2.45) is 0 Å². The summed E-state index contributed by atoms with van der Waals surface area (Å²) >= 11 is 0. The zero-order valence-corrected chi connectivity index (χ0v) is 7.46. The van der Waals surface area contributed by atoms with Gasteiger partial charge in [-0.2, -0.15) is 5.26 Å². The first-order valence-electron chi connectivity index (χ1n) is 4.45. The molecule has 1 aliphatic rings. The van der Waals surface area contributed by atoms with Gasteiger partial charge in [-0.25, -0.2) is 4.39 Å². The van der Waals surface area contributed by atoms with E-state index in [9.17, 15) is 9.18 Å². The average Bonchev–Trinajstić information content (AvgIpc) is 3.00. The number of carbonyl (C=O) groups excluding carboxylic acids is 1. The second-order valence-electron chi connectivity index (χ2n) is 3.46. The molecule has 0 N–H and O–H groups in total. The van der Waals surface area contributed by atoms with Crippen LogP contribution in [0.1, 0.15) is 40.2 Å².